The van der Waals surface area contributed by atoms with Gasteiger partial charge in [0.05, 0.1) is 11.8 Å². The SMILES string of the molecule is CCOC1CCc2c(nc(Cl)nc2N2C[C@@H](C)N(C(=O)O)C[C@@H]2C)C1. The maximum Gasteiger partial charge on any atom is 0.407 e. The number of ether oxygens (including phenoxy) is 1. The summed E-state index contributed by atoms with van der Waals surface area (Å²) in [5.74, 6) is 0.856. The van der Waals surface area contributed by atoms with Gasteiger partial charge < -0.3 is 19.6 Å². The Labute approximate surface area is 152 Å². The zero-order chi connectivity index (χ0) is 18.1. The van der Waals surface area contributed by atoms with Crippen molar-refractivity contribution in [3.63, 3.8) is 0 Å². The normalized spacial score (nSPS) is 26.5. The lowest BCUT2D eigenvalue weighted by molar-refractivity contribution is 0.0525. The van der Waals surface area contributed by atoms with Gasteiger partial charge in [-0.2, -0.15) is 0 Å². The van der Waals surface area contributed by atoms with Gasteiger partial charge in [0.25, 0.3) is 0 Å². The number of piperazine rings is 1. The molecule has 1 aromatic heterocycles. The van der Waals surface area contributed by atoms with Crippen LogP contribution in [0.5, 0.6) is 0 Å². The summed E-state index contributed by atoms with van der Waals surface area (Å²) in [4.78, 5) is 24.0. The van der Waals surface area contributed by atoms with Crippen LogP contribution in [0.1, 0.15) is 38.4 Å². The van der Waals surface area contributed by atoms with E-state index in [-0.39, 0.29) is 23.5 Å². The van der Waals surface area contributed by atoms with Crippen LogP contribution < -0.4 is 4.90 Å². The Morgan fingerprint density at radius 2 is 2.08 bits per heavy atom. The fraction of sp³-hybridized carbons (Fsp3) is 0.706. The lowest BCUT2D eigenvalue weighted by atomic mass is 9.93. The molecule has 2 heterocycles. The first-order valence-electron chi connectivity index (χ1n) is 8.83. The quantitative estimate of drug-likeness (QED) is 0.826. The molecular weight excluding hydrogens is 344 g/mol. The summed E-state index contributed by atoms with van der Waals surface area (Å²) in [6, 6.07) is -0.0650. The maximum atomic E-state index is 11.4. The van der Waals surface area contributed by atoms with Crippen LogP contribution in [0.25, 0.3) is 0 Å². The van der Waals surface area contributed by atoms with Crippen LogP contribution >= 0.6 is 11.6 Å². The van der Waals surface area contributed by atoms with Gasteiger partial charge in [-0.3, -0.25) is 0 Å². The van der Waals surface area contributed by atoms with Crippen LogP contribution in [-0.4, -0.2) is 64.0 Å². The highest BCUT2D eigenvalue weighted by Crippen LogP contribution is 2.33. The lowest BCUT2D eigenvalue weighted by Crippen LogP contribution is -2.58. The van der Waals surface area contributed by atoms with Crippen molar-refractivity contribution in [2.24, 2.45) is 0 Å². The van der Waals surface area contributed by atoms with Gasteiger partial charge in [0, 0.05) is 43.8 Å². The van der Waals surface area contributed by atoms with Gasteiger partial charge in [-0.1, -0.05) is 0 Å². The smallest absolute Gasteiger partial charge is 0.407 e. The van der Waals surface area contributed by atoms with Gasteiger partial charge in [0.1, 0.15) is 5.82 Å². The first-order chi connectivity index (χ1) is 11.9. The molecular formula is C17H25ClN4O3. The van der Waals surface area contributed by atoms with Gasteiger partial charge in [0.15, 0.2) is 0 Å². The average molecular weight is 369 g/mol. The summed E-state index contributed by atoms with van der Waals surface area (Å²) in [6.07, 6.45) is 1.85. The highest BCUT2D eigenvalue weighted by Gasteiger charge is 2.35. The Bertz CT molecular complexity index is 657. The number of amides is 1. The summed E-state index contributed by atoms with van der Waals surface area (Å²) in [6.45, 7) is 7.69. The van der Waals surface area contributed by atoms with Crippen LogP contribution in [0.2, 0.25) is 5.28 Å². The van der Waals surface area contributed by atoms with E-state index in [0.717, 1.165) is 36.3 Å². The van der Waals surface area contributed by atoms with Crippen molar-refractivity contribution in [2.45, 2.75) is 58.2 Å². The summed E-state index contributed by atoms with van der Waals surface area (Å²) < 4.78 is 5.75. The number of carboxylic acid groups (broad SMARTS) is 1. The Kier molecular flexibility index (Phi) is 5.34. The zero-order valence-electron chi connectivity index (χ0n) is 14.9. The van der Waals surface area contributed by atoms with E-state index in [4.69, 9.17) is 16.3 Å². The van der Waals surface area contributed by atoms with Crippen molar-refractivity contribution in [2.75, 3.05) is 24.6 Å². The number of carbonyl (C=O) groups is 1. The molecule has 1 aliphatic heterocycles. The van der Waals surface area contributed by atoms with E-state index in [1.165, 1.54) is 4.90 Å². The van der Waals surface area contributed by atoms with Gasteiger partial charge in [0.2, 0.25) is 5.28 Å². The van der Waals surface area contributed by atoms with Crippen LogP contribution in [0, 0.1) is 0 Å². The third-order valence-corrected chi connectivity index (χ3v) is 5.26. The standard InChI is InChI=1S/C17H25ClN4O3/c1-4-25-12-5-6-13-14(7-12)19-16(18)20-15(13)21-8-11(3)22(17(23)24)9-10(21)2/h10-12H,4-9H2,1-3H3,(H,23,24)/t10-,11+,12?/m0/s1. The number of aromatic nitrogens is 2. The minimum Gasteiger partial charge on any atom is -0.465 e. The average Bonchev–Trinajstić information content (AvgIpc) is 2.55. The predicted molar refractivity (Wildman–Crippen MR) is 95.5 cm³/mol. The van der Waals surface area contributed by atoms with Crippen molar-refractivity contribution in [3.8, 4) is 0 Å². The largest absolute Gasteiger partial charge is 0.465 e. The predicted octanol–water partition coefficient (Wildman–Crippen LogP) is 2.60. The molecule has 1 amide bonds. The molecule has 8 heteroatoms. The Hall–Kier alpha value is -1.60. The van der Waals surface area contributed by atoms with Crippen LogP contribution in [0.3, 0.4) is 0 Å². The van der Waals surface area contributed by atoms with E-state index in [1.807, 2.05) is 20.8 Å². The van der Waals surface area contributed by atoms with Crippen molar-refractivity contribution in [1.29, 1.82) is 0 Å². The van der Waals surface area contributed by atoms with Gasteiger partial charge in [-0.25, -0.2) is 14.8 Å². The third-order valence-electron chi connectivity index (χ3n) is 5.09. The number of hydrogen-bond acceptors (Lipinski definition) is 5. The highest BCUT2D eigenvalue weighted by molar-refractivity contribution is 6.28. The van der Waals surface area contributed by atoms with Crippen molar-refractivity contribution >= 4 is 23.5 Å². The molecule has 1 N–H and O–H groups in total. The lowest BCUT2D eigenvalue weighted by Gasteiger charge is -2.44. The topological polar surface area (TPSA) is 78.8 Å². The molecule has 3 rings (SSSR count). The highest BCUT2D eigenvalue weighted by atomic mass is 35.5. The molecule has 1 aliphatic carbocycles. The number of halogens is 1. The molecule has 0 spiro atoms. The van der Waals surface area contributed by atoms with Crippen molar-refractivity contribution in [3.05, 3.63) is 16.5 Å². The molecule has 7 nitrogen and oxygen atoms in total. The fourth-order valence-corrected chi connectivity index (χ4v) is 4.02. The molecule has 2 aliphatic rings. The van der Waals surface area contributed by atoms with Crippen molar-refractivity contribution in [1.82, 2.24) is 14.9 Å². The fourth-order valence-electron chi connectivity index (χ4n) is 3.84. The van der Waals surface area contributed by atoms with E-state index >= 15 is 0 Å². The van der Waals surface area contributed by atoms with Crippen LogP contribution in [0.15, 0.2) is 0 Å². The Morgan fingerprint density at radius 1 is 1.32 bits per heavy atom. The second-order valence-electron chi connectivity index (χ2n) is 6.85. The third kappa shape index (κ3) is 3.67. The molecule has 1 saturated heterocycles. The molecule has 25 heavy (non-hydrogen) atoms. The van der Waals surface area contributed by atoms with Gasteiger partial charge >= 0.3 is 6.09 Å². The molecule has 0 aromatic carbocycles. The second-order valence-corrected chi connectivity index (χ2v) is 7.19. The van der Waals surface area contributed by atoms with Gasteiger partial charge in [-0.15, -0.1) is 0 Å². The van der Waals surface area contributed by atoms with E-state index in [9.17, 15) is 9.90 Å². The van der Waals surface area contributed by atoms with Crippen LogP contribution in [0.4, 0.5) is 10.6 Å². The summed E-state index contributed by atoms with van der Waals surface area (Å²) >= 11 is 6.19. The number of anilines is 1. The minimum atomic E-state index is -0.874. The molecule has 0 saturated carbocycles. The maximum absolute atomic E-state index is 11.4. The minimum absolute atomic E-state index is 0.0342. The van der Waals surface area contributed by atoms with Gasteiger partial charge in [-0.05, 0) is 45.2 Å². The molecule has 1 fully saturated rings. The summed E-state index contributed by atoms with van der Waals surface area (Å²) in [5, 5.41) is 9.59. The van der Waals surface area contributed by atoms with Crippen molar-refractivity contribution < 1.29 is 14.6 Å². The number of rotatable bonds is 3. The molecule has 0 radical (unpaired) electrons. The Morgan fingerprint density at radius 3 is 2.76 bits per heavy atom. The van der Waals surface area contributed by atoms with E-state index in [2.05, 4.69) is 14.9 Å². The monoisotopic (exact) mass is 368 g/mol. The first kappa shape index (κ1) is 18.2. The number of hydrogen-bond donors (Lipinski definition) is 1. The number of nitrogens with zero attached hydrogens (tertiary/aromatic N) is 4. The van der Waals surface area contributed by atoms with Crippen LogP contribution in [-0.2, 0) is 17.6 Å². The van der Waals surface area contributed by atoms with E-state index < -0.39 is 6.09 Å². The zero-order valence-corrected chi connectivity index (χ0v) is 15.7. The second kappa shape index (κ2) is 7.33. The Balaban J connectivity index is 1.89. The number of fused-ring (bicyclic) bond motifs is 1. The van der Waals surface area contributed by atoms with E-state index in [0.29, 0.717) is 19.7 Å². The molecule has 1 aromatic rings. The summed E-state index contributed by atoms with van der Waals surface area (Å²) in [5.41, 5.74) is 2.09. The first-order valence-corrected chi connectivity index (χ1v) is 9.21. The van der Waals surface area contributed by atoms with E-state index in [1.54, 1.807) is 0 Å². The summed E-state index contributed by atoms with van der Waals surface area (Å²) in [7, 11) is 0. The molecule has 0 bridgehead atoms. The molecule has 3 atom stereocenters. The molecule has 138 valence electrons. The molecule has 1 unspecified atom stereocenters.